The zero-order valence-corrected chi connectivity index (χ0v) is 21.5. The summed E-state index contributed by atoms with van der Waals surface area (Å²) >= 11 is 0. The van der Waals surface area contributed by atoms with Crippen LogP contribution in [0.3, 0.4) is 0 Å². The van der Waals surface area contributed by atoms with Crippen LogP contribution in [0.2, 0.25) is 0 Å². The van der Waals surface area contributed by atoms with Gasteiger partial charge in [-0.2, -0.15) is 0 Å². The first-order chi connectivity index (χ1) is 20.3. The van der Waals surface area contributed by atoms with Crippen LogP contribution < -0.4 is 10.9 Å². The molecular formula is C30H20O13. The van der Waals surface area contributed by atoms with Gasteiger partial charge in [-0.3, -0.25) is 9.59 Å². The molecule has 0 saturated heterocycles. The Labute approximate surface area is 238 Å². The van der Waals surface area contributed by atoms with Gasteiger partial charge in [0.05, 0.1) is 5.39 Å². The van der Waals surface area contributed by atoms with Crippen molar-refractivity contribution in [3.8, 4) is 74.4 Å². The molecule has 0 fully saturated rings. The number of fused-ring (bicyclic) bond motifs is 2. The number of phenolic OH excluding ortho intramolecular Hbond substituents is 8. The lowest BCUT2D eigenvalue weighted by atomic mass is 10.1. The summed E-state index contributed by atoms with van der Waals surface area (Å²) in [4.78, 5) is 24.1. The Kier molecular flexibility index (Phi) is 6.83. The molecule has 0 amide bonds. The molecule has 2 heterocycles. The molecule has 0 saturated carbocycles. The van der Waals surface area contributed by atoms with Gasteiger partial charge in [-0.15, -0.1) is 0 Å². The highest BCUT2D eigenvalue weighted by Crippen LogP contribution is 2.40. The summed E-state index contributed by atoms with van der Waals surface area (Å²) in [5.74, 6) is -4.41. The van der Waals surface area contributed by atoms with Crippen LogP contribution in [0.5, 0.6) is 51.7 Å². The highest BCUT2D eigenvalue weighted by atomic mass is 16.4. The summed E-state index contributed by atoms with van der Waals surface area (Å²) in [6.07, 6.45) is 0. The average molecular weight is 588 g/mol. The van der Waals surface area contributed by atoms with Crippen molar-refractivity contribution in [3.05, 3.63) is 87.2 Å². The second-order valence-electron chi connectivity index (χ2n) is 9.17. The Morgan fingerprint density at radius 2 is 1.14 bits per heavy atom. The van der Waals surface area contributed by atoms with E-state index >= 15 is 0 Å². The first-order valence-electron chi connectivity index (χ1n) is 12.1. The normalized spacial score (nSPS) is 10.9. The van der Waals surface area contributed by atoms with Crippen molar-refractivity contribution in [2.24, 2.45) is 0 Å². The van der Waals surface area contributed by atoms with E-state index in [1.165, 1.54) is 30.3 Å². The lowest BCUT2D eigenvalue weighted by Crippen LogP contribution is -2.02. The van der Waals surface area contributed by atoms with Crippen LogP contribution in [0.25, 0.3) is 44.6 Å². The number of hydrogen-bond donors (Lipinski definition) is 9. The van der Waals surface area contributed by atoms with Crippen molar-refractivity contribution < 1.29 is 54.8 Å². The number of phenols is 8. The number of aromatic hydroxyl groups is 9. The average Bonchev–Trinajstić information content (AvgIpc) is 2.94. The maximum absolute atomic E-state index is 12.1. The van der Waals surface area contributed by atoms with Gasteiger partial charge < -0.3 is 54.8 Å². The first-order valence-corrected chi connectivity index (χ1v) is 12.1. The molecule has 43 heavy (non-hydrogen) atoms. The first kappa shape index (κ1) is 28.0. The minimum absolute atomic E-state index is 0.0563. The second-order valence-corrected chi connectivity index (χ2v) is 9.17. The Bertz CT molecular complexity index is 2150. The molecule has 0 bridgehead atoms. The maximum atomic E-state index is 12.1. The lowest BCUT2D eigenvalue weighted by molar-refractivity contribution is 0.368. The van der Waals surface area contributed by atoms with E-state index in [-0.39, 0.29) is 61.9 Å². The third-order valence-electron chi connectivity index (χ3n) is 6.24. The molecule has 9 N–H and O–H groups in total. The van der Waals surface area contributed by atoms with Crippen LogP contribution in [0, 0.1) is 0 Å². The topological polar surface area (TPSA) is 242 Å². The quantitative estimate of drug-likeness (QED) is 0.128. The Morgan fingerprint density at radius 1 is 0.488 bits per heavy atom. The van der Waals surface area contributed by atoms with Gasteiger partial charge in [0.1, 0.15) is 39.6 Å². The standard InChI is InChI=1S/C15H10O7.C15H10O6/c16-7-4-10(19)12-11(5-7)22-15(14(21)13(12)20)6-1-2-8(17)9(18)3-6;16-8-1-2-9-10(17)6-13(21-14(9)5-8)7-3-11(18)15(20)12(19)4-7/h1-5,16-19,21H;1-6,16,18-20H. The number of benzene rings is 4. The van der Waals surface area contributed by atoms with Crippen LogP contribution in [0.15, 0.2) is 85.2 Å². The van der Waals surface area contributed by atoms with Gasteiger partial charge in [0.25, 0.3) is 0 Å². The summed E-state index contributed by atoms with van der Waals surface area (Å²) in [5.41, 5.74) is -0.841. The van der Waals surface area contributed by atoms with Gasteiger partial charge in [0.15, 0.2) is 39.9 Å². The number of hydrogen-bond acceptors (Lipinski definition) is 13. The van der Waals surface area contributed by atoms with E-state index in [4.69, 9.17) is 8.83 Å². The summed E-state index contributed by atoms with van der Waals surface area (Å²) in [7, 11) is 0. The van der Waals surface area contributed by atoms with Gasteiger partial charge in [0.2, 0.25) is 11.2 Å². The molecule has 0 atom stereocenters. The van der Waals surface area contributed by atoms with Crippen LogP contribution in [0.4, 0.5) is 0 Å². The minimum Gasteiger partial charge on any atom is -0.508 e. The second kappa shape index (κ2) is 10.5. The van der Waals surface area contributed by atoms with Gasteiger partial charge in [-0.1, -0.05) is 0 Å². The smallest absolute Gasteiger partial charge is 0.238 e. The molecule has 13 heteroatoms. The van der Waals surface area contributed by atoms with Crippen molar-refractivity contribution in [1.82, 2.24) is 0 Å². The van der Waals surface area contributed by atoms with Gasteiger partial charge in [-0.25, -0.2) is 0 Å². The molecule has 6 rings (SSSR count). The summed E-state index contributed by atoms with van der Waals surface area (Å²) in [6, 6.07) is 13.3. The lowest BCUT2D eigenvalue weighted by Gasteiger charge is -2.08. The Balaban J connectivity index is 0.000000171. The van der Waals surface area contributed by atoms with E-state index in [0.717, 1.165) is 36.4 Å². The summed E-state index contributed by atoms with van der Waals surface area (Å²) in [6.45, 7) is 0. The van der Waals surface area contributed by atoms with Gasteiger partial charge in [0, 0.05) is 35.4 Å². The van der Waals surface area contributed by atoms with Crippen LogP contribution in [0.1, 0.15) is 0 Å². The molecule has 0 spiro atoms. The van der Waals surface area contributed by atoms with E-state index in [2.05, 4.69) is 0 Å². The third-order valence-corrected chi connectivity index (χ3v) is 6.24. The summed E-state index contributed by atoms with van der Waals surface area (Å²) in [5, 5.41) is 85.7. The molecule has 4 aromatic carbocycles. The molecule has 2 aromatic heterocycles. The van der Waals surface area contributed by atoms with Gasteiger partial charge >= 0.3 is 0 Å². The maximum Gasteiger partial charge on any atom is 0.238 e. The van der Waals surface area contributed by atoms with Gasteiger partial charge in [-0.05, 0) is 42.5 Å². The van der Waals surface area contributed by atoms with E-state index in [1.807, 2.05) is 0 Å². The molecule has 0 radical (unpaired) electrons. The molecule has 0 aliphatic heterocycles. The Hall–Kier alpha value is -6.50. The molecule has 0 aliphatic carbocycles. The zero-order valence-electron chi connectivity index (χ0n) is 21.5. The fourth-order valence-electron chi connectivity index (χ4n) is 4.17. The van der Waals surface area contributed by atoms with E-state index in [0.29, 0.717) is 5.39 Å². The third kappa shape index (κ3) is 5.20. The van der Waals surface area contributed by atoms with Crippen LogP contribution in [-0.4, -0.2) is 46.0 Å². The molecule has 6 aromatic rings. The van der Waals surface area contributed by atoms with Crippen molar-refractivity contribution in [1.29, 1.82) is 0 Å². The molecule has 13 nitrogen and oxygen atoms in total. The Morgan fingerprint density at radius 3 is 1.81 bits per heavy atom. The fraction of sp³-hybridized carbons (Fsp3) is 0. The monoisotopic (exact) mass is 588 g/mol. The molecule has 0 aliphatic rings. The van der Waals surface area contributed by atoms with Crippen molar-refractivity contribution in [3.63, 3.8) is 0 Å². The SMILES string of the molecule is O=c1c(O)c(-c2ccc(O)c(O)c2)oc2cc(O)cc(O)c12.O=c1cc(-c2cc(O)c(O)c(O)c2)oc2cc(O)ccc12. The van der Waals surface area contributed by atoms with Crippen molar-refractivity contribution in [2.75, 3.05) is 0 Å². The van der Waals surface area contributed by atoms with E-state index < -0.39 is 39.9 Å². The van der Waals surface area contributed by atoms with Crippen molar-refractivity contribution >= 4 is 21.9 Å². The summed E-state index contributed by atoms with van der Waals surface area (Å²) < 4.78 is 10.8. The predicted molar refractivity (Wildman–Crippen MR) is 151 cm³/mol. The molecule has 218 valence electrons. The zero-order chi connectivity index (χ0) is 31.2. The van der Waals surface area contributed by atoms with Crippen LogP contribution >= 0.6 is 0 Å². The highest BCUT2D eigenvalue weighted by molar-refractivity contribution is 5.88. The number of rotatable bonds is 2. The largest absolute Gasteiger partial charge is 0.508 e. The van der Waals surface area contributed by atoms with Crippen LogP contribution in [-0.2, 0) is 0 Å². The predicted octanol–water partition coefficient (Wildman–Crippen LogP) is 4.27. The minimum atomic E-state index is -0.888. The molecular weight excluding hydrogens is 568 g/mol. The van der Waals surface area contributed by atoms with Crippen molar-refractivity contribution in [2.45, 2.75) is 0 Å². The van der Waals surface area contributed by atoms with E-state index in [1.54, 1.807) is 0 Å². The highest BCUT2D eigenvalue weighted by Gasteiger charge is 2.19. The fourth-order valence-corrected chi connectivity index (χ4v) is 4.17. The molecule has 0 unspecified atom stereocenters. The van der Waals surface area contributed by atoms with E-state index in [9.17, 15) is 55.5 Å².